The summed E-state index contributed by atoms with van der Waals surface area (Å²) in [6, 6.07) is 0. The Morgan fingerprint density at radius 3 is 1.88 bits per heavy atom. The molecule has 1 aliphatic heterocycles. The van der Waals surface area contributed by atoms with Crippen LogP contribution >= 0.6 is 19.4 Å². The van der Waals surface area contributed by atoms with Crippen molar-refractivity contribution < 1.29 is 51.8 Å². The SMILES string of the molecule is CCCCCCCCCCCCCC(=O)OC[C@@H](COP(=O)(O)OC[C@H]1O[C@@H](n2cnc3c(N)nc(Cl)nc32)[C@@H](F)[C@@H]1O)OC(=O)CCCCCCCCCCCCC. The quantitative estimate of drug-likeness (QED) is 0.0259. The van der Waals surface area contributed by atoms with Crippen molar-refractivity contribution in [2.75, 3.05) is 25.6 Å². The fourth-order valence-electron chi connectivity index (χ4n) is 7.03. The molecule has 2 aromatic heterocycles. The number of anilines is 1. The van der Waals surface area contributed by atoms with E-state index < -0.39 is 63.7 Å². The third-order valence-corrected chi connectivity index (χ3v) is 11.6. The summed E-state index contributed by atoms with van der Waals surface area (Å²) in [5, 5.41) is 10.4. The number of halogens is 2. The monoisotopic (exact) mass is 877 g/mol. The molecular formula is C41H70ClFN5O10P. The molecule has 0 amide bonds. The lowest BCUT2D eigenvalue weighted by Crippen LogP contribution is -2.32. The van der Waals surface area contributed by atoms with Crippen LogP contribution in [0.25, 0.3) is 11.2 Å². The van der Waals surface area contributed by atoms with Gasteiger partial charge in [0.2, 0.25) is 5.28 Å². The first-order valence-electron chi connectivity index (χ1n) is 22.1. The van der Waals surface area contributed by atoms with Gasteiger partial charge in [-0.2, -0.15) is 9.97 Å². The van der Waals surface area contributed by atoms with Crippen LogP contribution in [0.15, 0.2) is 6.33 Å². The van der Waals surface area contributed by atoms with Crippen molar-refractivity contribution in [3.05, 3.63) is 11.6 Å². The van der Waals surface area contributed by atoms with Crippen LogP contribution in [0.4, 0.5) is 10.2 Å². The lowest BCUT2D eigenvalue weighted by Gasteiger charge is -2.21. The summed E-state index contributed by atoms with van der Waals surface area (Å²) in [7, 11) is -4.88. The molecule has 1 aliphatic rings. The van der Waals surface area contributed by atoms with Crippen LogP contribution in [-0.4, -0.2) is 85.8 Å². The Kier molecular flexibility index (Phi) is 25.0. The number of aliphatic hydroxyl groups excluding tert-OH is 1. The van der Waals surface area contributed by atoms with Gasteiger partial charge in [0.15, 0.2) is 30.0 Å². The number of aliphatic hydroxyl groups is 1. The molecule has 0 radical (unpaired) electrons. The van der Waals surface area contributed by atoms with Gasteiger partial charge in [0.05, 0.1) is 19.5 Å². The van der Waals surface area contributed by atoms with Gasteiger partial charge in [-0.05, 0) is 24.4 Å². The van der Waals surface area contributed by atoms with Gasteiger partial charge in [-0.15, -0.1) is 0 Å². The van der Waals surface area contributed by atoms with Crippen LogP contribution in [-0.2, 0) is 37.4 Å². The van der Waals surface area contributed by atoms with Crippen molar-refractivity contribution in [3.63, 3.8) is 0 Å². The predicted molar refractivity (Wildman–Crippen MR) is 224 cm³/mol. The highest BCUT2D eigenvalue weighted by molar-refractivity contribution is 7.47. The molecule has 1 fully saturated rings. The molecular weight excluding hydrogens is 808 g/mol. The molecule has 338 valence electrons. The van der Waals surface area contributed by atoms with Crippen molar-refractivity contribution in [2.45, 2.75) is 199 Å². The number of nitrogens with two attached hydrogens (primary N) is 1. The van der Waals surface area contributed by atoms with E-state index >= 15 is 4.39 Å². The average molecular weight is 878 g/mol. The highest BCUT2D eigenvalue weighted by Gasteiger charge is 2.47. The molecule has 3 heterocycles. The molecule has 0 aromatic carbocycles. The maximum Gasteiger partial charge on any atom is 0.472 e. The van der Waals surface area contributed by atoms with Gasteiger partial charge in [0.25, 0.3) is 0 Å². The minimum atomic E-state index is -4.88. The first kappa shape index (κ1) is 50.9. The van der Waals surface area contributed by atoms with Gasteiger partial charge in [-0.3, -0.25) is 23.2 Å². The Morgan fingerprint density at radius 1 is 0.831 bits per heavy atom. The first-order chi connectivity index (χ1) is 28.5. The first-order valence-corrected chi connectivity index (χ1v) is 23.9. The van der Waals surface area contributed by atoms with E-state index in [4.69, 9.17) is 40.6 Å². The van der Waals surface area contributed by atoms with Gasteiger partial charge in [0, 0.05) is 12.8 Å². The van der Waals surface area contributed by atoms with Crippen molar-refractivity contribution in [2.24, 2.45) is 0 Å². The smallest absolute Gasteiger partial charge is 0.462 e. The number of alkyl halides is 1. The van der Waals surface area contributed by atoms with Crippen LogP contribution < -0.4 is 5.73 Å². The van der Waals surface area contributed by atoms with Crippen LogP contribution in [0.2, 0.25) is 5.28 Å². The van der Waals surface area contributed by atoms with Crippen molar-refractivity contribution >= 4 is 48.3 Å². The molecule has 6 atom stereocenters. The number of nitrogen functional groups attached to an aromatic ring is 1. The van der Waals surface area contributed by atoms with E-state index in [-0.39, 0.29) is 41.7 Å². The molecule has 2 aromatic rings. The van der Waals surface area contributed by atoms with Gasteiger partial charge < -0.3 is 29.9 Å². The highest BCUT2D eigenvalue weighted by Crippen LogP contribution is 2.45. The fourth-order valence-corrected chi connectivity index (χ4v) is 7.97. The predicted octanol–water partition coefficient (Wildman–Crippen LogP) is 9.65. The summed E-state index contributed by atoms with van der Waals surface area (Å²) < 4.78 is 56.2. The topological polar surface area (TPSA) is 207 Å². The molecule has 4 N–H and O–H groups in total. The van der Waals surface area contributed by atoms with Crippen LogP contribution in [0.5, 0.6) is 0 Å². The Hall–Kier alpha value is -2.46. The molecule has 0 spiro atoms. The van der Waals surface area contributed by atoms with E-state index in [1.807, 2.05) is 0 Å². The second-order valence-electron chi connectivity index (χ2n) is 15.6. The van der Waals surface area contributed by atoms with Crippen LogP contribution in [0.1, 0.15) is 174 Å². The van der Waals surface area contributed by atoms with E-state index in [1.54, 1.807) is 0 Å². The number of carbonyl (C=O) groups excluding carboxylic acids is 2. The molecule has 15 nitrogen and oxygen atoms in total. The normalized spacial score (nSPS) is 19.6. The molecule has 0 saturated carbocycles. The molecule has 3 rings (SSSR count). The third-order valence-electron chi connectivity index (χ3n) is 10.5. The number of aromatic nitrogens is 4. The number of hydrogen-bond donors (Lipinski definition) is 3. The van der Waals surface area contributed by atoms with Gasteiger partial charge >= 0.3 is 19.8 Å². The summed E-state index contributed by atoms with van der Waals surface area (Å²) in [6.45, 7) is 2.67. The zero-order valence-corrected chi connectivity index (χ0v) is 36.9. The second kappa shape index (κ2) is 29.0. The van der Waals surface area contributed by atoms with E-state index in [9.17, 15) is 24.2 Å². The number of imidazole rings is 1. The summed E-state index contributed by atoms with van der Waals surface area (Å²) in [5.41, 5.74) is 6.04. The maximum atomic E-state index is 15.3. The second-order valence-corrected chi connectivity index (χ2v) is 17.4. The summed E-state index contributed by atoms with van der Waals surface area (Å²) in [4.78, 5) is 47.8. The van der Waals surface area contributed by atoms with E-state index in [0.29, 0.717) is 12.8 Å². The number of unbranched alkanes of at least 4 members (excludes halogenated alkanes) is 20. The number of esters is 2. The minimum absolute atomic E-state index is 0.0388. The summed E-state index contributed by atoms with van der Waals surface area (Å²) >= 11 is 5.91. The standard InChI is InChI=1S/C41H70ClFN5O10P/c1-3-5-7-9-11-13-15-17-19-21-23-25-33(49)54-27-31(57-34(50)26-24-22-20-18-16-14-12-10-8-6-4-2)28-55-59(52,53)56-29-32-37(51)35(43)40(58-32)48-30-45-36-38(44)46-41(42)47-39(36)48/h30-32,35,37,40,51H,3-29H2,1-2H3,(H,52,53)(H2,44,46,47)/t31-,32+,35-,37+,40+/m0/s1. The summed E-state index contributed by atoms with van der Waals surface area (Å²) in [5.74, 6) is -1.06. The Balaban J connectivity index is 1.44. The van der Waals surface area contributed by atoms with Crippen molar-refractivity contribution in [1.82, 2.24) is 19.5 Å². The van der Waals surface area contributed by atoms with E-state index in [0.717, 1.165) is 38.5 Å². The molecule has 18 heteroatoms. The minimum Gasteiger partial charge on any atom is -0.462 e. The van der Waals surface area contributed by atoms with E-state index in [1.165, 1.54) is 101 Å². The number of hydrogen-bond acceptors (Lipinski definition) is 13. The van der Waals surface area contributed by atoms with Crippen molar-refractivity contribution in [1.29, 1.82) is 0 Å². The molecule has 0 bridgehead atoms. The number of phosphoric ester groups is 1. The fraction of sp³-hybridized carbons (Fsp3) is 0.829. The number of rotatable bonds is 34. The average Bonchev–Trinajstić information content (AvgIpc) is 3.75. The molecule has 0 aliphatic carbocycles. The largest absolute Gasteiger partial charge is 0.472 e. The van der Waals surface area contributed by atoms with Crippen LogP contribution in [0.3, 0.4) is 0 Å². The number of nitrogens with zero attached hydrogens (tertiary/aromatic N) is 4. The third kappa shape index (κ3) is 19.9. The zero-order chi connectivity index (χ0) is 42.9. The Labute approximate surface area is 354 Å². The number of carbonyl (C=O) groups is 2. The lowest BCUT2D eigenvalue weighted by molar-refractivity contribution is -0.161. The maximum absolute atomic E-state index is 15.3. The Bertz CT molecular complexity index is 1540. The number of ether oxygens (including phenoxy) is 3. The van der Waals surface area contributed by atoms with Gasteiger partial charge in [-0.25, -0.2) is 13.9 Å². The van der Waals surface area contributed by atoms with Crippen LogP contribution in [0, 0.1) is 0 Å². The van der Waals surface area contributed by atoms with E-state index in [2.05, 4.69) is 28.8 Å². The number of phosphoric acid groups is 1. The molecule has 1 saturated heterocycles. The zero-order valence-electron chi connectivity index (χ0n) is 35.3. The number of fused-ring (bicyclic) bond motifs is 1. The highest BCUT2D eigenvalue weighted by atomic mass is 35.5. The van der Waals surface area contributed by atoms with Gasteiger partial charge in [0.1, 0.15) is 24.3 Å². The Morgan fingerprint density at radius 2 is 1.34 bits per heavy atom. The molecule has 59 heavy (non-hydrogen) atoms. The molecule has 1 unspecified atom stereocenters. The van der Waals surface area contributed by atoms with Gasteiger partial charge in [-0.1, -0.05) is 142 Å². The van der Waals surface area contributed by atoms with Crippen molar-refractivity contribution in [3.8, 4) is 0 Å². The lowest BCUT2D eigenvalue weighted by atomic mass is 10.1. The summed E-state index contributed by atoms with van der Waals surface area (Å²) in [6.07, 6.45) is 18.6.